The predicted octanol–water partition coefficient (Wildman–Crippen LogP) is 4.09. The van der Waals surface area contributed by atoms with E-state index in [-0.39, 0.29) is 37.1 Å². The van der Waals surface area contributed by atoms with E-state index in [2.05, 4.69) is 21.3 Å². The van der Waals surface area contributed by atoms with Gasteiger partial charge in [0.05, 0.1) is 36.8 Å². The van der Waals surface area contributed by atoms with Gasteiger partial charge in [0.15, 0.2) is 5.83 Å². The number of hydrogen-bond donors (Lipinski definition) is 0. The first kappa shape index (κ1) is 28.7. The summed E-state index contributed by atoms with van der Waals surface area (Å²) in [5, 5.41) is 1.23. The van der Waals surface area contributed by atoms with Crippen LogP contribution in [0.1, 0.15) is 31.0 Å². The highest BCUT2D eigenvalue weighted by atomic mass is 19.1. The Bertz CT molecular complexity index is 1590. The molecular formula is C31H33F2N7O3. The maximum absolute atomic E-state index is 15.0. The number of piperazine rings is 1. The van der Waals surface area contributed by atoms with Crippen LogP contribution in [-0.2, 0) is 22.5 Å². The van der Waals surface area contributed by atoms with Crippen molar-refractivity contribution in [2.45, 2.75) is 51.0 Å². The quantitative estimate of drug-likeness (QED) is 0.273. The highest BCUT2D eigenvalue weighted by molar-refractivity contribution is 5.94. The smallest absolute Gasteiger partial charge is 0.319 e. The molecule has 0 spiro atoms. The first-order valence-electron chi connectivity index (χ1n) is 14.5. The molecule has 0 radical (unpaired) electrons. The van der Waals surface area contributed by atoms with Gasteiger partial charge in [-0.25, -0.2) is 15.4 Å². The van der Waals surface area contributed by atoms with E-state index in [9.17, 15) is 13.6 Å². The third-order valence-electron chi connectivity index (χ3n) is 8.05. The van der Waals surface area contributed by atoms with E-state index in [1.807, 2.05) is 17.9 Å². The van der Waals surface area contributed by atoms with E-state index in [0.29, 0.717) is 56.1 Å². The van der Waals surface area contributed by atoms with E-state index < -0.39 is 17.8 Å². The van der Waals surface area contributed by atoms with Crippen molar-refractivity contribution in [2.24, 2.45) is 0 Å². The zero-order chi connectivity index (χ0) is 30.1. The molecule has 2 fully saturated rings. The molecule has 2 aromatic heterocycles. The van der Waals surface area contributed by atoms with Crippen molar-refractivity contribution < 1.29 is 23.0 Å². The minimum atomic E-state index is -1.04. The van der Waals surface area contributed by atoms with Crippen LogP contribution in [0.4, 0.5) is 20.3 Å². The van der Waals surface area contributed by atoms with Gasteiger partial charge >= 0.3 is 6.01 Å². The fourth-order valence-corrected chi connectivity index (χ4v) is 5.77. The van der Waals surface area contributed by atoms with Crippen molar-refractivity contribution >= 4 is 28.2 Å². The lowest BCUT2D eigenvalue weighted by molar-refractivity contribution is -0.131. The fraction of sp³-hybridized carbons (Fsp3) is 0.452. The summed E-state index contributed by atoms with van der Waals surface area (Å²) in [4.78, 5) is 35.4. The molecule has 12 heteroatoms. The molecule has 43 heavy (non-hydrogen) atoms. The van der Waals surface area contributed by atoms with Gasteiger partial charge in [-0.3, -0.25) is 9.78 Å². The SMILES string of the molecule is [C-]#[N+]C[C@H]1CN(c2nc(O[C@@H](C)COC3CC3)nc3c2CCN(c2cncc4cccc(F)c24)C3)CCN1C(=O)C(=C)F. The van der Waals surface area contributed by atoms with Gasteiger partial charge in [0.25, 0.3) is 5.91 Å². The fourth-order valence-electron chi connectivity index (χ4n) is 5.77. The van der Waals surface area contributed by atoms with Gasteiger partial charge in [-0.05, 0) is 32.3 Å². The van der Waals surface area contributed by atoms with Crippen molar-refractivity contribution in [3.8, 4) is 6.01 Å². The van der Waals surface area contributed by atoms with Crippen molar-refractivity contribution in [1.82, 2.24) is 19.9 Å². The topological polar surface area (TPSA) is 88.3 Å². The van der Waals surface area contributed by atoms with Crippen molar-refractivity contribution in [3.05, 3.63) is 71.5 Å². The Kier molecular flexibility index (Phi) is 8.08. The number of amides is 1. The molecule has 3 aromatic rings. The van der Waals surface area contributed by atoms with Crippen molar-refractivity contribution in [3.63, 3.8) is 0 Å². The number of carbonyl (C=O) groups is 1. The summed E-state index contributed by atoms with van der Waals surface area (Å²) < 4.78 is 40.7. The Balaban J connectivity index is 1.33. The molecule has 1 aliphatic carbocycles. The molecule has 6 rings (SSSR count). The highest BCUT2D eigenvalue weighted by Gasteiger charge is 2.36. The number of hydrogen-bond acceptors (Lipinski definition) is 8. The number of pyridine rings is 1. The zero-order valence-corrected chi connectivity index (χ0v) is 24.0. The summed E-state index contributed by atoms with van der Waals surface area (Å²) in [5.41, 5.74) is 2.36. The molecule has 1 aromatic carbocycles. The first-order valence-corrected chi connectivity index (χ1v) is 14.5. The van der Waals surface area contributed by atoms with E-state index in [1.54, 1.807) is 18.5 Å². The monoisotopic (exact) mass is 589 g/mol. The van der Waals surface area contributed by atoms with Gasteiger partial charge in [-0.1, -0.05) is 18.7 Å². The molecule has 1 saturated heterocycles. The number of anilines is 2. The molecule has 0 N–H and O–H groups in total. The van der Waals surface area contributed by atoms with Gasteiger partial charge in [-0.2, -0.15) is 9.97 Å². The van der Waals surface area contributed by atoms with E-state index in [0.717, 1.165) is 29.5 Å². The van der Waals surface area contributed by atoms with Crippen LogP contribution < -0.4 is 14.5 Å². The maximum atomic E-state index is 15.0. The Morgan fingerprint density at radius 2 is 2.05 bits per heavy atom. The molecule has 1 amide bonds. The van der Waals surface area contributed by atoms with Gasteiger partial charge in [0.1, 0.15) is 23.8 Å². The van der Waals surface area contributed by atoms with Crippen LogP contribution in [0.5, 0.6) is 6.01 Å². The number of ether oxygens (including phenoxy) is 2. The molecular weight excluding hydrogens is 556 g/mol. The second kappa shape index (κ2) is 12.1. The van der Waals surface area contributed by atoms with Crippen LogP contribution in [0.25, 0.3) is 15.6 Å². The summed E-state index contributed by atoms with van der Waals surface area (Å²) in [6.45, 7) is 14.8. The standard InChI is InChI=1S/C31H33F2N7O3/c1-19(18-42-23-7-8-23)43-31-36-26-17-38(27-15-35-13-21-5-4-6-25(33)28(21)27)10-9-24(26)29(37-31)39-11-12-40(30(41)20(2)32)22(16-39)14-34-3/h4-6,13,15,19,22-23H,2,7-12,14,16-18H2,1H3/t19-,22-/m0/s1. The van der Waals surface area contributed by atoms with Gasteiger partial charge in [0.2, 0.25) is 6.54 Å². The maximum Gasteiger partial charge on any atom is 0.319 e. The third-order valence-corrected chi connectivity index (χ3v) is 8.05. The molecule has 2 atom stereocenters. The van der Waals surface area contributed by atoms with E-state index in [1.165, 1.54) is 11.0 Å². The molecule has 3 aliphatic rings. The largest absolute Gasteiger partial charge is 0.458 e. The van der Waals surface area contributed by atoms with Crippen LogP contribution in [-0.4, -0.2) is 83.3 Å². The van der Waals surface area contributed by atoms with Gasteiger partial charge < -0.3 is 29.0 Å². The summed E-state index contributed by atoms with van der Waals surface area (Å²) >= 11 is 0. The summed E-state index contributed by atoms with van der Waals surface area (Å²) in [7, 11) is 0. The average molecular weight is 590 g/mol. The van der Waals surface area contributed by atoms with Gasteiger partial charge in [0, 0.05) is 48.7 Å². The number of nitrogens with zero attached hydrogens (tertiary/aromatic N) is 7. The molecule has 10 nitrogen and oxygen atoms in total. The Morgan fingerprint density at radius 1 is 1.21 bits per heavy atom. The molecule has 224 valence electrons. The highest BCUT2D eigenvalue weighted by Crippen LogP contribution is 2.35. The van der Waals surface area contributed by atoms with Crippen LogP contribution in [0.15, 0.2) is 43.0 Å². The van der Waals surface area contributed by atoms with Crippen LogP contribution in [0, 0.1) is 12.4 Å². The van der Waals surface area contributed by atoms with E-state index in [4.69, 9.17) is 26.0 Å². The van der Waals surface area contributed by atoms with Crippen molar-refractivity contribution in [2.75, 3.05) is 49.1 Å². The van der Waals surface area contributed by atoms with Crippen LogP contribution in [0.2, 0.25) is 0 Å². The summed E-state index contributed by atoms with van der Waals surface area (Å²) in [6.07, 6.45) is 6.01. The summed E-state index contributed by atoms with van der Waals surface area (Å²) in [5.74, 6) is -1.48. The molecule has 4 heterocycles. The number of benzene rings is 1. The average Bonchev–Trinajstić information content (AvgIpc) is 3.84. The minimum absolute atomic E-state index is 0.0229. The summed E-state index contributed by atoms with van der Waals surface area (Å²) in [6, 6.07) is 4.62. The Labute approximate surface area is 248 Å². The molecule has 0 bridgehead atoms. The lowest BCUT2D eigenvalue weighted by Crippen LogP contribution is -2.57. The lowest BCUT2D eigenvalue weighted by Gasteiger charge is -2.41. The molecule has 0 unspecified atom stereocenters. The van der Waals surface area contributed by atoms with E-state index >= 15 is 0 Å². The van der Waals surface area contributed by atoms with Crippen LogP contribution in [0.3, 0.4) is 0 Å². The van der Waals surface area contributed by atoms with Crippen LogP contribution >= 0.6 is 0 Å². The third kappa shape index (κ3) is 6.08. The second-order valence-corrected chi connectivity index (χ2v) is 11.2. The Hall–Kier alpha value is -4.37. The number of rotatable bonds is 9. The lowest BCUT2D eigenvalue weighted by atomic mass is 10.0. The van der Waals surface area contributed by atoms with Gasteiger partial charge in [-0.15, -0.1) is 0 Å². The minimum Gasteiger partial charge on any atom is -0.458 e. The first-order chi connectivity index (χ1) is 20.8. The number of aromatic nitrogens is 3. The Morgan fingerprint density at radius 3 is 2.81 bits per heavy atom. The predicted molar refractivity (Wildman–Crippen MR) is 157 cm³/mol. The molecule has 1 saturated carbocycles. The zero-order valence-electron chi connectivity index (χ0n) is 24.0. The van der Waals surface area contributed by atoms with Crippen molar-refractivity contribution in [1.29, 1.82) is 0 Å². The molecule has 2 aliphatic heterocycles. The second-order valence-electron chi connectivity index (χ2n) is 11.2. The number of halogens is 2. The normalized spacial score (nSPS) is 19.1. The number of fused-ring (bicyclic) bond motifs is 2. The number of carbonyl (C=O) groups excluding carboxylic acids is 1.